The van der Waals surface area contributed by atoms with Crippen LogP contribution in [0.2, 0.25) is 0 Å². The number of hydroxylamine groups is 1. The van der Waals surface area contributed by atoms with Crippen LogP contribution in [-0.2, 0) is 4.84 Å². The minimum absolute atomic E-state index is 0.470. The van der Waals surface area contributed by atoms with E-state index in [2.05, 4.69) is 58.1 Å². The molecule has 0 saturated heterocycles. The Balaban J connectivity index is 1.83. The third kappa shape index (κ3) is 5.38. The first-order valence-electron chi connectivity index (χ1n) is 9.86. The lowest BCUT2D eigenvalue weighted by Crippen LogP contribution is -2.12. The van der Waals surface area contributed by atoms with Crippen molar-refractivity contribution >= 4 is 28.8 Å². The van der Waals surface area contributed by atoms with Crippen LogP contribution >= 0.6 is 0 Å². The highest BCUT2D eigenvalue weighted by molar-refractivity contribution is 5.73. The highest BCUT2D eigenvalue weighted by Crippen LogP contribution is 2.29. The Kier molecular flexibility index (Phi) is 6.85. The summed E-state index contributed by atoms with van der Waals surface area (Å²) in [5, 5.41) is 15.5. The van der Waals surface area contributed by atoms with Gasteiger partial charge in [0, 0.05) is 23.1 Å². The summed E-state index contributed by atoms with van der Waals surface area (Å²) < 4.78 is 0. The Morgan fingerprint density at radius 3 is 2.26 bits per heavy atom. The smallest absolute Gasteiger partial charge is 0.229 e. The van der Waals surface area contributed by atoms with Crippen LogP contribution in [0.15, 0.2) is 54.2 Å². The van der Waals surface area contributed by atoms with Crippen molar-refractivity contribution in [1.29, 1.82) is 5.26 Å². The molecule has 0 spiro atoms. The summed E-state index contributed by atoms with van der Waals surface area (Å²) in [6, 6.07) is 15.3. The molecule has 0 aliphatic carbocycles. The third-order valence-electron chi connectivity index (χ3n) is 4.70. The molecule has 0 aliphatic rings. The molecule has 3 rings (SSSR count). The lowest BCUT2D eigenvalue weighted by atomic mass is 10.0. The maximum absolute atomic E-state index is 8.93. The van der Waals surface area contributed by atoms with Crippen molar-refractivity contribution in [2.45, 2.75) is 27.7 Å². The van der Waals surface area contributed by atoms with Crippen LogP contribution in [0.4, 0.5) is 23.1 Å². The van der Waals surface area contributed by atoms with E-state index >= 15 is 0 Å². The van der Waals surface area contributed by atoms with Gasteiger partial charge in [-0.05, 0) is 81.3 Å². The molecule has 1 aromatic heterocycles. The van der Waals surface area contributed by atoms with Gasteiger partial charge in [0.1, 0.15) is 5.82 Å². The minimum Gasteiger partial charge on any atom is -0.340 e. The highest BCUT2D eigenvalue weighted by Gasteiger charge is 2.11. The SMILES string of the molecule is CONC(=C(C)C)c1cc(C)c(Nc2ccnc(Nc3ccc(C#N)cc3)n2)c(C)c1. The van der Waals surface area contributed by atoms with Crippen LogP contribution in [0.3, 0.4) is 0 Å². The quantitative estimate of drug-likeness (QED) is 0.448. The molecule has 2 aromatic carbocycles. The van der Waals surface area contributed by atoms with Crippen molar-refractivity contribution in [3.63, 3.8) is 0 Å². The van der Waals surface area contributed by atoms with E-state index in [1.165, 1.54) is 0 Å². The summed E-state index contributed by atoms with van der Waals surface area (Å²) in [6.07, 6.45) is 1.70. The topological polar surface area (TPSA) is 94.9 Å². The van der Waals surface area contributed by atoms with Crippen LogP contribution in [0.5, 0.6) is 0 Å². The van der Waals surface area contributed by atoms with E-state index in [4.69, 9.17) is 10.1 Å². The molecule has 0 amide bonds. The maximum Gasteiger partial charge on any atom is 0.229 e. The van der Waals surface area contributed by atoms with Gasteiger partial charge in [0.05, 0.1) is 24.4 Å². The van der Waals surface area contributed by atoms with E-state index < -0.39 is 0 Å². The number of hydrogen-bond acceptors (Lipinski definition) is 7. The number of anilines is 4. The largest absolute Gasteiger partial charge is 0.340 e. The molecule has 158 valence electrons. The first kappa shape index (κ1) is 21.8. The van der Waals surface area contributed by atoms with Crippen LogP contribution in [0.1, 0.15) is 36.1 Å². The number of aromatic nitrogens is 2. The van der Waals surface area contributed by atoms with Crippen LogP contribution in [0, 0.1) is 25.2 Å². The zero-order valence-corrected chi connectivity index (χ0v) is 18.4. The van der Waals surface area contributed by atoms with E-state index in [0.717, 1.165) is 39.3 Å². The van der Waals surface area contributed by atoms with E-state index in [9.17, 15) is 0 Å². The first-order valence-corrected chi connectivity index (χ1v) is 9.86. The van der Waals surface area contributed by atoms with Gasteiger partial charge in [-0.2, -0.15) is 10.2 Å². The predicted octanol–water partition coefficient (Wildman–Crippen LogP) is 5.35. The van der Waals surface area contributed by atoms with Crippen molar-refractivity contribution in [1.82, 2.24) is 15.4 Å². The van der Waals surface area contributed by atoms with E-state index in [1.807, 2.05) is 32.0 Å². The molecular weight excluding hydrogens is 388 g/mol. The average molecular weight is 415 g/mol. The molecule has 1 heterocycles. The number of nitrogens with zero attached hydrogens (tertiary/aromatic N) is 3. The summed E-state index contributed by atoms with van der Waals surface area (Å²) in [4.78, 5) is 14.0. The second kappa shape index (κ2) is 9.74. The Morgan fingerprint density at radius 2 is 1.68 bits per heavy atom. The van der Waals surface area contributed by atoms with Gasteiger partial charge in [0.15, 0.2) is 0 Å². The summed E-state index contributed by atoms with van der Waals surface area (Å²) in [5.41, 5.74) is 10.7. The van der Waals surface area contributed by atoms with Crippen molar-refractivity contribution in [3.05, 3.63) is 76.5 Å². The zero-order valence-electron chi connectivity index (χ0n) is 18.4. The van der Waals surface area contributed by atoms with Gasteiger partial charge in [0.2, 0.25) is 5.95 Å². The highest BCUT2D eigenvalue weighted by atomic mass is 16.6. The minimum atomic E-state index is 0.470. The number of nitrogens with one attached hydrogen (secondary N) is 3. The van der Waals surface area contributed by atoms with Gasteiger partial charge >= 0.3 is 0 Å². The van der Waals surface area contributed by atoms with Gasteiger partial charge in [-0.25, -0.2) is 4.98 Å². The van der Waals surface area contributed by atoms with Crippen molar-refractivity contribution in [2.24, 2.45) is 0 Å². The van der Waals surface area contributed by atoms with E-state index in [1.54, 1.807) is 25.4 Å². The fourth-order valence-electron chi connectivity index (χ4n) is 3.23. The molecule has 0 fully saturated rings. The van der Waals surface area contributed by atoms with Gasteiger partial charge in [-0.1, -0.05) is 5.57 Å². The molecular formula is C24H26N6O. The molecule has 0 unspecified atom stereocenters. The molecule has 3 N–H and O–H groups in total. The summed E-state index contributed by atoms with van der Waals surface area (Å²) in [7, 11) is 1.61. The average Bonchev–Trinajstić information content (AvgIpc) is 2.75. The molecule has 31 heavy (non-hydrogen) atoms. The molecule has 7 nitrogen and oxygen atoms in total. The lowest BCUT2D eigenvalue weighted by molar-refractivity contribution is 0.136. The zero-order chi connectivity index (χ0) is 22.4. The molecule has 0 bridgehead atoms. The summed E-state index contributed by atoms with van der Waals surface area (Å²) >= 11 is 0. The fourth-order valence-corrected chi connectivity index (χ4v) is 3.23. The van der Waals surface area contributed by atoms with Crippen molar-refractivity contribution in [3.8, 4) is 6.07 Å². The maximum atomic E-state index is 8.93. The fraction of sp³-hybridized carbons (Fsp3) is 0.208. The molecule has 0 aliphatic heterocycles. The molecule has 0 atom stereocenters. The van der Waals surface area contributed by atoms with Crippen LogP contribution in [0.25, 0.3) is 5.70 Å². The van der Waals surface area contributed by atoms with E-state index in [-0.39, 0.29) is 0 Å². The second-order valence-electron chi connectivity index (χ2n) is 7.37. The molecule has 3 aromatic rings. The monoisotopic (exact) mass is 414 g/mol. The van der Waals surface area contributed by atoms with Crippen LogP contribution in [-0.4, -0.2) is 17.1 Å². The van der Waals surface area contributed by atoms with Crippen molar-refractivity contribution < 1.29 is 4.84 Å². The number of allylic oxidation sites excluding steroid dienone is 1. The molecule has 0 saturated carbocycles. The number of aryl methyl sites for hydroxylation is 2. The number of hydrogen-bond donors (Lipinski definition) is 3. The van der Waals surface area contributed by atoms with Gasteiger partial charge in [-0.3, -0.25) is 10.3 Å². The van der Waals surface area contributed by atoms with Crippen molar-refractivity contribution in [2.75, 3.05) is 17.7 Å². The van der Waals surface area contributed by atoms with Crippen LogP contribution < -0.4 is 16.1 Å². The number of nitriles is 1. The van der Waals surface area contributed by atoms with Gasteiger partial charge in [0.25, 0.3) is 0 Å². The normalized spacial score (nSPS) is 10.2. The Hall–Kier alpha value is -3.89. The lowest BCUT2D eigenvalue weighted by Gasteiger charge is -2.17. The standard InChI is InChI=1S/C24H26N6O/c1-15(2)22(30-31-5)19-12-16(3)23(17(4)13-19)28-21-10-11-26-24(29-21)27-20-8-6-18(14-25)7-9-20/h6-13,30H,1-5H3,(H2,26,27,28,29). The van der Waals surface area contributed by atoms with Gasteiger partial charge in [-0.15, -0.1) is 0 Å². The second-order valence-corrected chi connectivity index (χ2v) is 7.37. The van der Waals surface area contributed by atoms with E-state index in [0.29, 0.717) is 17.3 Å². The molecule has 0 radical (unpaired) electrons. The summed E-state index contributed by atoms with van der Waals surface area (Å²) in [5.74, 6) is 1.15. The third-order valence-corrected chi connectivity index (χ3v) is 4.70. The Morgan fingerprint density at radius 1 is 1.00 bits per heavy atom. The first-order chi connectivity index (χ1) is 14.9. The number of rotatable bonds is 7. The van der Waals surface area contributed by atoms with Gasteiger partial charge < -0.3 is 10.6 Å². The summed E-state index contributed by atoms with van der Waals surface area (Å²) in [6.45, 7) is 8.21. The Bertz CT molecular complexity index is 1120. The predicted molar refractivity (Wildman–Crippen MR) is 124 cm³/mol. The molecule has 7 heteroatoms. The Labute approximate surface area is 182 Å². The number of benzene rings is 2.